The highest BCUT2D eigenvalue weighted by Gasteiger charge is 2.07. The molecule has 0 fully saturated rings. The van der Waals surface area contributed by atoms with Crippen LogP contribution in [0.5, 0.6) is 5.75 Å². The van der Waals surface area contributed by atoms with Crippen LogP contribution < -0.4 is 9.54 Å². The van der Waals surface area contributed by atoms with Gasteiger partial charge in [-0.2, -0.15) is 10.4 Å². The molecule has 0 bridgehead atoms. The lowest BCUT2D eigenvalue weighted by Crippen LogP contribution is -2.11. The van der Waals surface area contributed by atoms with Crippen LogP contribution in [0, 0.1) is 11.3 Å². The molecule has 3 rings (SSSR count). The Morgan fingerprint density at radius 2 is 1.84 bits per heavy atom. The molecule has 0 unspecified atom stereocenters. The van der Waals surface area contributed by atoms with E-state index < -0.39 is 0 Å². The van der Waals surface area contributed by atoms with Gasteiger partial charge >= 0.3 is 0 Å². The summed E-state index contributed by atoms with van der Waals surface area (Å²) in [5.74, 6) is 0.812. The van der Waals surface area contributed by atoms with Crippen LogP contribution in [0.2, 0.25) is 0 Å². The number of hydrogen-bond donors (Lipinski definition) is 0. The summed E-state index contributed by atoms with van der Waals surface area (Å²) in [5, 5.41) is 15.5. The van der Waals surface area contributed by atoms with Crippen molar-refractivity contribution >= 4 is 17.6 Å². The summed E-state index contributed by atoms with van der Waals surface area (Å²) in [6.07, 6.45) is 1.76. The van der Waals surface area contributed by atoms with Gasteiger partial charge in [0.1, 0.15) is 5.75 Å². The molecule has 25 heavy (non-hydrogen) atoms. The largest absolute Gasteiger partial charge is 0.497 e. The van der Waals surface area contributed by atoms with Gasteiger partial charge in [0.25, 0.3) is 0 Å². The van der Waals surface area contributed by atoms with E-state index in [1.165, 1.54) is 11.3 Å². The molecule has 0 N–H and O–H groups in total. The second-order valence-electron chi connectivity index (χ2n) is 5.15. The highest BCUT2D eigenvalue weighted by molar-refractivity contribution is 7.07. The summed E-state index contributed by atoms with van der Waals surface area (Å²) < 4.78 is 7.02. The number of methoxy groups -OCH3 is 1. The minimum atomic E-state index is 0.628. The maximum atomic E-state index is 8.87. The topological polar surface area (TPSA) is 62.7 Å². The maximum Gasteiger partial charge on any atom is 0.205 e. The van der Waals surface area contributed by atoms with Crippen molar-refractivity contribution < 1.29 is 4.74 Å². The van der Waals surface area contributed by atoms with E-state index >= 15 is 0 Å². The molecule has 3 aromatic rings. The van der Waals surface area contributed by atoms with Gasteiger partial charge in [0.15, 0.2) is 0 Å². The molecule has 0 aliphatic heterocycles. The van der Waals surface area contributed by atoms with Gasteiger partial charge in [0.05, 0.1) is 30.7 Å². The van der Waals surface area contributed by atoms with Crippen LogP contribution >= 0.6 is 11.3 Å². The van der Waals surface area contributed by atoms with Gasteiger partial charge in [0, 0.05) is 18.0 Å². The van der Waals surface area contributed by atoms with Gasteiger partial charge in [-0.3, -0.25) is 4.99 Å². The maximum absolute atomic E-state index is 8.87. The Kier molecular flexibility index (Phi) is 5.07. The first kappa shape index (κ1) is 16.7. The molecule has 0 spiro atoms. The van der Waals surface area contributed by atoms with Gasteiger partial charge < -0.3 is 4.74 Å². The van der Waals surface area contributed by atoms with Crippen LogP contribution in [0.3, 0.4) is 0 Å². The Hall–Kier alpha value is -3.17. The minimum Gasteiger partial charge on any atom is -0.497 e. The SMILES string of the molecule is CN=c1scc(-c2ccc(OC)cc2)n1/N=C\c1ccc(C#N)cc1. The van der Waals surface area contributed by atoms with Crippen LogP contribution in [0.4, 0.5) is 0 Å². The van der Waals surface area contributed by atoms with Gasteiger partial charge in [-0.1, -0.05) is 12.1 Å². The minimum absolute atomic E-state index is 0.628. The van der Waals surface area contributed by atoms with Crippen molar-refractivity contribution in [1.82, 2.24) is 4.68 Å². The summed E-state index contributed by atoms with van der Waals surface area (Å²) in [7, 11) is 3.40. The van der Waals surface area contributed by atoms with Gasteiger partial charge in [-0.05, 0) is 42.0 Å². The molecular formula is C19H16N4OS. The molecule has 2 aromatic carbocycles. The van der Waals surface area contributed by atoms with Crippen molar-refractivity contribution in [2.24, 2.45) is 10.1 Å². The van der Waals surface area contributed by atoms with Crippen molar-refractivity contribution in [2.75, 3.05) is 14.2 Å². The standard InChI is InChI=1S/C19H16N4OS/c1-21-19-23(22-12-15-5-3-14(11-20)4-6-15)18(13-25-19)16-7-9-17(24-2)10-8-16/h3-10,12-13H,1-2H3/b21-19?,22-12-. The Bertz CT molecular complexity index is 990. The molecule has 0 aliphatic carbocycles. The summed E-state index contributed by atoms with van der Waals surface area (Å²) in [5.41, 5.74) is 3.53. The third-order valence-electron chi connectivity index (χ3n) is 3.62. The van der Waals surface area contributed by atoms with E-state index in [2.05, 4.69) is 16.2 Å². The van der Waals surface area contributed by atoms with Crippen LogP contribution in [-0.2, 0) is 0 Å². The third-order valence-corrected chi connectivity index (χ3v) is 4.53. The van der Waals surface area contributed by atoms with Crippen molar-refractivity contribution in [3.63, 3.8) is 0 Å². The second-order valence-corrected chi connectivity index (χ2v) is 5.98. The fraction of sp³-hybridized carbons (Fsp3) is 0.105. The van der Waals surface area contributed by atoms with Gasteiger partial charge in [-0.15, -0.1) is 11.3 Å². The molecule has 0 atom stereocenters. The Morgan fingerprint density at radius 3 is 2.44 bits per heavy atom. The van der Waals surface area contributed by atoms with Crippen LogP contribution in [0.25, 0.3) is 11.3 Å². The predicted molar refractivity (Wildman–Crippen MR) is 99.9 cm³/mol. The molecule has 5 nitrogen and oxygen atoms in total. The quantitative estimate of drug-likeness (QED) is 0.677. The summed E-state index contributed by atoms with van der Waals surface area (Å²) in [6.45, 7) is 0. The van der Waals surface area contributed by atoms with E-state index in [9.17, 15) is 0 Å². The van der Waals surface area contributed by atoms with Crippen molar-refractivity contribution in [3.8, 4) is 23.1 Å². The second kappa shape index (κ2) is 7.60. The zero-order chi connectivity index (χ0) is 17.6. The molecule has 124 valence electrons. The summed E-state index contributed by atoms with van der Waals surface area (Å²) in [6, 6.07) is 17.2. The first-order chi connectivity index (χ1) is 12.2. The lowest BCUT2D eigenvalue weighted by molar-refractivity contribution is 0.415. The average molecular weight is 348 g/mol. The molecule has 0 radical (unpaired) electrons. The molecule has 0 saturated heterocycles. The number of nitriles is 1. The smallest absolute Gasteiger partial charge is 0.205 e. The summed E-state index contributed by atoms with van der Waals surface area (Å²) >= 11 is 1.53. The fourth-order valence-corrected chi connectivity index (χ4v) is 3.09. The molecule has 1 heterocycles. The first-order valence-corrected chi connectivity index (χ1v) is 8.45. The van der Waals surface area contributed by atoms with Crippen molar-refractivity contribution in [2.45, 2.75) is 0 Å². The first-order valence-electron chi connectivity index (χ1n) is 7.57. The normalized spacial score (nSPS) is 11.6. The lowest BCUT2D eigenvalue weighted by atomic mass is 10.1. The zero-order valence-corrected chi connectivity index (χ0v) is 14.7. The van der Waals surface area contributed by atoms with Crippen LogP contribution in [0.1, 0.15) is 11.1 Å². The van der Waals surface area contributed by atoms with E-state index in [1.807, 2.05) is 46.5 Å². The Morgan fingerprint density at radius 1 is 1.12 bits per heavy atom. The molecule has 0 aliphatic rings. The molecular weight excluding hydrogens is 332 g/mol. The van der Waals surface area contributed by atoms with E-state index in [-0.39, 0.29) is 0 Å². The Labute approximate surface area is 149 Å². The Balaban J connectivity index is 1.98. The monoisotopic (exact) mass is 348 g/mol. The van der Waals surface area contributed by atoms with Crippen molar-refractivity contribution in [1.29, 1.82) is 5.26 Å². The number of benzene rings is 2. The molecule has 1 aromatic heterocycles. The average Bonchev–Trinajstić information content (AvgIpc) is 3.09. The highest BCUT2D eigenvalue weighted by atomic mass is 32.1. The number of ether oxygens (including phenoxy) is 1. The third kappa shape index (κ3) is 3.67. The van der Waals surface area contributed by atoms with Crippen molar-refractivity contribution in [3.05, 3.63) is 69.8 Å². The highest BCUT2D eigenvalue weighted by Crippen LogP contribution is 2.23. The van der Waals surface area contributed by atoms with E-state index in [1.54, 1.807) is 32.5 Å². The number of hydrogen-bond acceptors (Lipinski definition) is 5. The zero-order valence-electron chi connectivity index (χ0n) is 13.9. The molecule has 0 saturated carbocycles. The van der Waals surface area contributed by atoms with Crippen LogP contribution in [0.15, 0.2) is 64.0 Å². The summed E-state index contributed by atoms with van der Waals surface area (Å²) in [4.78, 5) is 5.09. The number of nitrogens with zero attached hydrogens (tertiary/aromatic N) is 4. The van der Waals surface area contributed by atoms with Crippen LogP contribution in [-0.4, -0.2) is 25.0 Å². The molecule has 0 amide bonds. The number of aromatic nitrogens is 1. The van der Waals surface area contributed by atoms with Gasteiger partial charge in [-0.25, -0.2) is 4.68 Å². The van der Waals surface area contributed by atoms with E-state index in [0.29, 0.717) is 5.56 Å². The predicted octanol–water partition coefficient (Wildman–Crippen LogP) is 3.51. The van der Waals surface area contributed by atoms with E-state index in [0.717, 1.165) is 27.4 Å². The fourth-order valence-electron chi connectivity index (χ4n) is 2.29. The van der Waals surface area contributed by atoms with E-state index in [4.69, 9.17) is 10.00 Å². The van der Waals surface area contributed by atoms with Gasteiger partial charge in [0.2, 0.25) is 4.80 Å². The number of thiazole rings is 1. The lowest BCUT2D eigenvalue weighted by Gasteiger charge is -2.05. The number of rotatable bonds is 4. The molecule has 6 heteroatoms.